The number of benzene rings is 1. The van der Waals surface area contributed by atoms with Gasteiger partial charge < -0.3 is 4.74 Å². The Bertz CT molecular complexity index is 425. The lowest BCUT2D eigenvalue weighted by Crippen LogP contribution is -2.03. The Morgan fingerprint density at radius 1 is 1.41 bits per heavy atom. The number of ketones is 1. The number of terminal acetylenes is 1. The summed E-state index contributed by atoms with van der Waals surface area (Å²) >= 11 is 0. The third kappa shape index (κ3) is 3.10. The zero-order chi connectivity index (χ0) is 12.8. The average Bonchev–Trinajstić information content (AvgIpc) is 2.29. The predicted octanol–water partition coefficient (Wildman–Crippen LogP) is 3.22. The standard InChI is InChI=1S/C15H18O2/c1-5-8-12-9-13(11(4)16)10-15(17-7-3)14(12)6-2/h2,9-10H,5,7-8H2,1,3-4H3. The van der Waals surface area contributed by atoms with Crippen molar-refractivity contribution in [1.82, 2.24) is 0 Å². The molecule has 1 aromatic rings. The topological polar surface area (TPSA) is 26.3 Å². The van der Waals surface area contributed by atoms with Crippen LogP contribution in [-0.2, 0) is 6.42 Å². The van der Waals surface area contributed by atoms with Gasteiger partial charge in [-0.2, -0.15) is 0 Å². The first-order chi connectivity index (χ1) is 8.13. The van der Waals surface area contributed by atoms with E-state index in [0.717, 1.165) is 24.0 Å². The molecule has 0 bridgehead atoms. The Hall–Kier alpha value is -1.75. The molecule has 0 spiro atoms. The summed E-state index contributed by atoms with van der Waals surface area (Å²) in [6.45, 7) is 6.08. The van der Waals surface area contributed by atoms with E-state index in [0.29, 0.717) is 17.9 Å². The molecule has 0 aliphatic carbocycles. The maximum absolute atomic E-state index is 11.5. The Labute approximate surface area is 103 Å². The SMILES string of the molecule is C#Cc1c(CCC)cc(C(C)=O)cc1OCC. The minimum atomic E-state index is 0.0341. The lowest BCUT2D eigenvalue weighted by Gasteiger charge is -2.12. The minimum absolute atomic E-state index is 0.0341. The second kappa shape index (κ2) is 6.10. The van der Waals surface area contributed by atoms with Crippen LogP contribution in [0.4, 0.5) is 0 Å². The third-order valence-corrected chi connectivity index (χ3v) is 2.55. The summed E-state index contributed by atoms with van der Waals surface area (Å²) in [5.74, 6) is 3.34. The lowest BCUT2D eigenvalue weighted by molar-refractivity contribution is 0.101. The van der Waals surface area contributed by atoms with E-state index in [1.165, 1.54) is 0 Å². The van der Waals surface area contributed by atoms with Gasteiger partial charge in [-0.05, 0) is 38.0 Å². The van der Waals surface area contributed by atoms with Crippen LogP contribution in [-0.4, -0.2) is 12.4 Å². The number of rotatable bonds is 5. The van der Waals surface area contributed by atoms with Crippen molar-refractivity contribution < 1.29 is 9.53 Å². The largest absolute Gasteiger partial charge is 0.493 e. The van der Waals surface area contributed by atoms with Crippen molar-refractivity contribution in [1.29, 1.82) is 0 Å². The van der Waals surface area contributed by atoms with Crippen LogP contribution in [0.25, 0.3) is 0 Å². The van der Waals surface area contributed by atoms with Gasteiger partial charge in [-0.1, -0.05) is 19.3 Å². The van der Waals surface area contributed by atoms with Crippen LogP contribution >= 0.6 is 0 Å². The Kier molecular flexibility index (Phi) is 4.78. The van der Waals surface area contributed by atoms with Gasteiger partial charge in [0.05, 0.1) is 12.2 Å². The van der Waals surface area contributed by atoms with E-state index in [1.807, 2.05) is 13.0 Å². The fourth-order valence-corrected chi connectivity index (χ4v) is 1.78. The maximum atomic E-state index is 11.5. The van der Waals surface area contributed by atoms with Crippen molar-refractivity contribution in [3.63, 3.8) is 0 Å². The molecule has 0 atom stereocenters. The van der Waals surface area contributed by atoms with Gasteiger partial charge in [-0.3, -0.25) is 4.79 Å². The molecule has 0 N–H and O–H groups in total. The van der Waals surface area contributed by atoms with E-state index in [1.54, 1.807) is 13.0 Å². The minimum Gasteiger partial charge on any atom is -0.493 e. The predicted molar refractivity (Wildman–Crippen MR) is 69.5 cm³/mol. The van der Waals surface area contributed by atoms with Gasteiger partial charge in [-0.25, -0.2) is 0 Å². The van der Waals surface area contributed by atoms with E-state index in [-0.39, 0.29) is 5.78 Å². The summed E-state index contributed by atoms with van der Waals surface area (Å²) in [6.07, 6.45) is 7.37. The Morgan fingerprint density at radius 2 is 2.12 bits per heavy atom. The molecule has 0 saturated carbocycles. The van der Waals surface area contributed by atoms with Crippen LogP contribution in [0.1, 0.15) is 48.7 Å². The van der Waals surface area contributed by atoms with Crippen molar-refractivity contribution in [2.75, 3.05) is 6.61 Å². The highest BCUT2D eigenvalue weighted by Gasteiger charge is 2.12. The molecule has 1 rings (SSSR count). The molecule has 0 fully saturated rings. The zero-order valence-corrected chi connectivity index (χ0v) is 10.7. The molecular formula is C15H18O2. The van der Waals surface area contributed by atoms with Gasteiger partial charge in [0, 0.05) is 5.56 Å². The summed E-state index contributed by atoms with van der Waals surface area (Å²) < 4.78 is 5.51. The van der Waals surface area contributed by atoms with Crippen molar-refractivity contribution in [3.8, 4) is 18.1 Å². The van der Waals surface area contributed by atoms with Crippen LogP contribution in [0.5, 0.6) is 5.75 Å². The zero-order valence-electron chi connectivity index (χ0n) is 10.7. The molecule has 2 nitrogen and oxygen atoms in total. The second-order valence-electron chi connectivity index (χ2n) is 3.89. The summed E-state index contributed by atoms with van der Waals surface area (Å²) in [7, 11) is 0. The van der Waals surface area contributed by atoms with Gasteiger partial charge in [-0.15, -0.1) is 6.42 Å². The van der Waals surface area contributed by atoms with Crippen molar-refractivity contribution >= 4 is 5.78 Å². The third-order valence-electron chi connectivity index (χ3n) is 2.55. The molecule has 2 heteroatoms. The fourth-order valence-electron chi connectivity index (χ4n) is 1.78. The number of hydrogen-bond acceptors (Lipinski definition) is 2. The first-order valence-corrected chi connectivity index (χ1v) is 5.91. The van der Waals surface area contributed by atoms with Crippen LogP contribution in [0.15, 0.2) is 12.1 Å². The molecule has 0 radical (unpaired) electrons. The van der Waals surface area contributed by atoms with Crippen molar-refractivity contribution in [2.45, 2.75) is 33.6 Å². The van der Waals surface area contributed by atoms with Crippen LogP contribution in [0.3, 0.4) is 0 Å². The molecular weight excluding hydrogens is 212 g/mol. The quantitative estimate of drug-likeness (QED) is 0.573. The summed E-state index contributed by atoms with van der Waals surface area (Å²) in [5.41, 5.74) is 2.46. The number of Topliss-reactive ketones (excluding diaryl/α,β-unsaturated/α-hetero) is 1. The van der Waals surface area contributed by atoms with E-state index >= 15 is 0 Å². The molecule has 17 heavy (non-hydrogen) atoms. The molecule has 0 aliphatic rings. The van der Waals surface area contributed by atoms with E-state index in [2.05, 4.69) is 12.8 Å². The fraction of sp³-hybridized carbons (Fsp3) is 0.400. The monoisotopic (exact) mass is 230 g/mol. The van der Waals surface area contributed by atoms with Gasteiger partial charge in [0.1, 0.15) is 5.75 Å². The highest BCUT2D eigenvalue weighted by molar-refractivity contribution is 5.95. The number of hydrogen-bond donors (Lipinski definition) is 0. The number of aryl methyl sites for hydroxylation is 1. The molecule has 1 aromatic carbocycles. The van der Waals surface area contributed by atoms with Crippen molar-refractivity contribution in [2.24, 2.45) is 0 Å². The van der Waals surface area contributed by atoms with Crippen LogP contribution in [0, 0.1) is 12.3 Å². The van der Waals surface area contributed by atoms with Gasteiger partial charge in [0.15, 0.2) is 5.78 Å². The number of carbonyl (C=O) groups excluding carboxylic acids is 1. The Balaban J connectivity index is 3.35. The van der Waals surface area contributed by atoms with Gasteiger partial charge >= 0.3 is 0 Å². The summed E-state index contributed by atoms with van der Waals surface area (Å²) in [4.78, 5) is 11.5. The maximum Gasteiger partial charge on any atom is 0.159 e. The second-order valence-corrected chi connectivity index (χ2v) is 3.89. The molecule has 90 valence electrons. The molecule has 0 aliphatic heterocycles. The normalized spacial score (nSPS) is 9.76. The molecule has 0 heterocycles. The van der Waals surface area contributed by atoms with Gasteiger partial charge in [0.25, 0.3) is 0 Å². The summed E-state index contributed by atoms with van der Waals surface area (Å²) in [6, 6.07) is 3.61. The molecule has 0 unspecified atom stereocenters. The van der Waals surface area contributed by atoms with Gasteiger partial charge in [0.2, 0.25) is 0 Å². The molecule has 0 saturated heterocycles. The summed E-state index contributed by atoms with van der Waals surface area (Å²) in [5, 5.41) is 0. The highest BCUT2D eigenvalue weighted by atomic mass is 16.5. The number of carbonyl (C=O) groups is 1. The molecule has 0 aromatic heterocycles. The first-order valence-electron chi connectivity index (χ1n) is 5.91. The lowest BCUT2D eigenvalue weighted by atomic mass is 9.98. The molecule has 0 amide bonds. The van der Waals surface area contributed by atoms with Crippen molar-refractivity contribution in [3.05, 3.63) is 28.8 Å². The van der Waals surface area contributed by atoms with Crippen LogP contribution < -0.4 is 4.74 Å². The smallest absolute Gasteiger partial charge is 0.159 e. The highest BCUT2D eigenvalue weighted by Crippen LogP contribution is 2.25. The van der Waals surface area contributed by atoms with Crippen LogP contribution in [0.2, 0.25) is 0 Å². The Morgan fingerprint density at radius 3 is 2.59 bits per heavy atom. The van der Waals surface area contributed by atoms with E-state index in [9.17, 15) is 4.79 Å². The number of ether oxygens (including phenoxy) is 1. The first kappa shape index (κ1) is 13.3. The van der Waals surface area contributed by atoms with E-state index < -0.39 is 0 Å². The average molecular weight is 230 g/mol. The van der Waals surface area contributed by atoms with E-state index in [4.69, 9.17) is 11.2 Å².